The van der Waals surface area contributed by atoms with Crippen molar-refractivity contribution in [1.29, 1.82) is 0 Å². The van der Waals surface area contributed by atoms with Crippen LogP contribution in [0.5, 0.6) is 0 Å². The van der Waals surface area contributed by atoms with Gasteiger partial charge in [0.05, 0.1) is 11.3 Å². The molecule has 0 aliphatic carbocycles. The lowest BCUT2D eigenvalue weighted by Crippen LogP contribution is -2.16. The molecule has 0 radical (unpaired) electrons. The number of halogens is 1. The van der Waals surface area contributed by atoms with E-state index in [2.05, 4.69) is 10.3 Å². The van der Waals surface area contributed by atoms with Gasteiger partial charge in [-0.2, -0.15) is 0 Å². The molecule has 0 atom stereocenters. The Labute approximate surface area is 163 Å². The van der Waals surface area contributed by atoms with Gasteiger partial charge < -0.3 is 15.0 Å². The second-order valence-electron chi connectivity index (χ2n) is 6.47. The number of hydrogen-bond acceptors (Lipinski definition) is 3. The molecule has 2 heterocycles. The number of nitrogens with zero attached hydrogens (tertiary/aromatic N) is 2. The second kappa shape index (κ2) is 8.37. The van der Waals surface area contributed by atoms with E-state index < -0.39 is 5.97 Å². The van der Waals surface area contributed by atoms with Crippen molar-refractivity contribution in [3.63, 3.8) is 0 Å². The summed E-state index contributed by atoms with van der Waals surface area (Å²) in [6.07, 6.45) is 1.75. The van der Waals surface area contributed by atoms with Crippen molar-refractivity contribution in [3.8, 4) is 0 Å². The minimum Gasteiger partial charge on any atom is -0.478 e. The highest BCUT2D eigenvalue weighted by atomic mass is 35.5. The van der Waals surface area contributed by atoms with Crippen LogP contribution in [0.4, 0.5) is 0 Å². The number of carbonyl (C=O) groups is 1. The predicted molar refractivity (Wildman–Crippen MR) is 106 cm³/mol. The number of pyridine rings is 1. The number of benzene rings is 1. The third-order valence-electron chi connectivity index (χ3n) is 4.69. The summed E-state index contributed by atoms with van der Waals surface area (Å²) in [7, 11) is 0. The molecular formula is C21H22ClN3O2. The first-order chi connectivity index (χ1) is 13.0. The highest BCUT2D eigenvalue weighted by Gasteiger charge is 2.22. The molecule has 0 aliphatic heterocycles. The number of carboxylic acids is 1. The minimum atomic E-state index is -0.907. The molecule has 2 aromatic heterocycles. The zero-order chi connectivity index (χ0) is 19.4. The number of nitrogens with one attached hydrogen (secondary N) is 1. The molecule has 3 rings (SSSR count). The number of aromatic carboxylic acids is 1. The van der Waals surface area contributed by atoms with Gasteiger partial charge in [-0.1, -0.05) is 29.8 Å². The van der Waals surface area contributed by atoms with Gasteiger partial charge in [0.2, 0.25) is 0 Å². The topological polar surface area (TPSA) is 67.2 Å². The van der Waals surface area contributed by atoms with Crippen molar-refractivity contribution in [1.82, 2.24) is 14.9 Å². The second-order valence-corrected chi connectivity index (χ2v) is 6.91. The summed E-state index contributed by atoms with van der Waals surface area (Å²) in [4.78, 5) is 16.2. The highest BCUT2D eigenvalue weighted by molar-refractivity contribution is 6.30. The summed E-state index contributed by atoms with van der Waals surface area (Å²) in [5.74, 6) is -0.907. The lowest BCUT2D eigenvalue weighted by Gasteiger charge is -2.10. The first-order valence-corrected chi connectivity index (χ1v) is 9.12. The Hall–Kier alpha value is -2.63. The van der Waals surface area contributed by atoms with Gasteiger partial charge in [0, 0.05) is 47.8 Å². The molecule has 0 saturated heterocycles. The number of carboxylic acid groups (broad SMARTS) is 1. The van der Waals surface area contributed by atoms with Crippen molar-refractivity contribution in [2.75, 3.05) is 0 Å². The first kappa shape index (κ1) is 19.1. The van der Waals surface area contributed by atoms with E-state index in [0.717, 1.165) is 28.2 Å². The van der Waals surface area contributed by atoms with Gasteiger partial charge in [0.1, 0.15) is 0 Å². The largest absolute Gasteiger partial charge is 0.478 e. The number of hydrogen-bond donors (Lipinski definition) is 2. The van der Waals surface area contributed by atoms with Crippen molar-refractivity contribution in [2.45, 2.75) is 33.5 Å². The molecule has 0 bridgehead atoms. The van der Waals surface area contributed by atoms with Gasteiger partial charge in [-0.05, 0) is 43.7 Å². The van der Waals surface area contributed by atoms with E-state index in [9.17, 15) is 9.90 Å². The summed E-state index contributed by atoms with van der Waals surface area (Å²) < 4.78 is 2.03. The van der Waals surface area contributed by atoms with Gasteiger partial charge in [-0.15, -0.1) is 0 Å². The standard InChI is InChI=1S/C21H22ClN3O2/c1-14-19(12-23-11-18-8-3-4-9-24-18)20(21(26)27)15(2)25(14)13-16-6-5-7-17(22)10-16/h3-10,23H,11-13H2,1-2H3,(H,26,27). The van der Waals surface area contributed by atoms with Crippen molar-refractivity contribution >= 4 is 17.6 Å². The Morgan fingerprint density at radius 1 is 1.15 bits per heavy atom. The fourth-order valence-corrected chi connectivity index (χ4v) is 3.54. The molecule has 0 aliphatic rings. The van der Waals surface area contributed by atoms with Crippen LogP contribution in [0.15, 0.2) is 48.7 Å². The Morgan fingerprint density at radius 2 is 1.96 bits per heavy atom. The molecular weight excluding hydrogens is 362 g/mol. The monoisotopic (exact) mass is 383 g/mol. The third-order valence-corrected chi connectivity index (χ3v) is 4.92. The molecule has 0 saturated carbocycles. The molecule has 27 heavy (non-hydrogen) atoms. The molecule has 0 amide bonds. The smallest absolute Gasteiger partial charge is 0.337 e. The summed E-state index contributed by atoms with van der Waals surface area (Å²) in [5.41, 5.74) is 4.81. The Morgan fingerprint density at radius 3 is 2.63 bits per heavy atom. The van der Waals surface area contributed by atoms with Crippen LogP contribution in [0, 0.1) is 13.8 Å². The molecule has 0 spiro atoms. The van der Waals surface area contributed by atoms with E-state index in [1.165, 1.54) is 0 Å². The minimum absolute atomic E-state index is 0.364. The van der Waals surface area contributed by atoms with Crippen molar-refractivity contribution in [2.24, 2.45) is 0 Å². The van der Waals surface area contributed by atoms with E-state index >= 15 is 0 Å². The van der Waals surface area contributed by atoms with Crippen LogP contribution < -0.4 is 5.32 Å². The lowest BCUT2D eigenvalue weighted by molar-refractivity contribution is 0.0694. The zero-order valence-corrected chi connectivity index (χ0v) is 16.1. The highest BCUT2D eigenvalue weighted by Crippen LogP contribution is 2.24. The van der Waals surface area contributed by atoms with Gasteiger partial charge in [0.15, 0.2) is 0 Å². The van der Waals surface area contributed by atoms with Crippen LogP contribution in [-0.2, 0) is 19.6 Å². The normalized spacial score (nSPS) is 10.9. The Kier molecular flexibility index (Phi) is 5.94. The maximum Gasteiger partial charge on any atom is 0.337 e. The zero-order valence-electron chi connectivity index (χ0n) is 15.4. The molecule has 1 aromatic carbocycles. The molecule has 140 valence electrons. The third kappa shape index (κ3) is 4.38. The van der Waals surface area contributed by atoms with E-state index in [4.69, 9.17) is 11.6 Å². The number of rotatable bonds is 7. The SMILES string of the molecule is Cc1c(CNCc2ccccn2)c(C(=O)O)c(C)n1Cc1cccc(Cl)c1. The van der Waals surface area contributed by atoms with E-state index in [1.807, 2.05) is 60.9 Å². The first-order valence-electron chi connectivity index (χ1n) is 8.74. The van der Waals surface area contributed by atoms with E-state index in [0.29, 0.717) is 30.2 Å². The van der Waals surface area contributed by atoms with Gasteiger partial charge >= 0.3 is 5.97 Å². The molecule has 3 aromatic rings. The van der Waals surface area contributed by atoms with Crippen LogP contribution >= 0.6 is 11.6 Å². The molecule has 6 heteroatoms. The number of aromatic nitrogens is 2. The van der Waals surface area contributed by atoms with Gasteiger partial charge in [-0.25, -0.2) is 4.79 Å². The molecule has 0 fully saturated rings. The maximum atomic E-state index is 11.9. The van der Waals surface area contributed by atoms with Crippen molar-refractivity contribution < 1.29 is 9.90 Å². The van der Waals surface area contributed by atoms with Crippen LogP contribution in [0.2, 0.25) is 5.02 Å². The summed E-state index contributed by atoms with van der Waals surface area (Å²) in [6, 6.07) is 13.4. The van der Waals surface area contributed by atoms with E-state index in [1.54, 1.807) is 6.20 Å². The fraction of sp³-hybridized carbons (Fsp3) is 0.238. The van der Waals surface area contributed by atoms with Crippen LogP contribution in [0.3, 0.4) is 0 Å². The molecule has 2 N–H and O–H groups in total. The van der Waals surface area contributed by atoms with Gasteiger partial charge in [-0.3, -0.25) is 4.98 Å². The Bertz CT molecular complexity index is 952. The predicted octanol–water partition coefficient (Wildman–Crippen LogP) is 4.19. The van der Waals surface area contributed by atoms with Crippen LogP contribution in [-0.4, -0.2) is 20.6 Å². The van der Waals surface area contributed by atoms with E-state index in [-0.39, 0.29) is 0 Å². The van der Waals surface area contributed by atoms with Crippen LogP contribution in [0.1, 0.15) is 38.6 Å². The van der Waals surface area contributed by atoms with Crippen molar-refractivity contribution in [3.05, 3.63) is 87.5 Å². The lowest BCUT2D eigenvalue weighted by atomic mass is 10.1. The Balaban J connectivity index is 1.85. The summed E-state index contributed by atoms with van der Waals surface area (Å²) in [5, 5.41) is 13.7. The summed E-state index contributed by atoms with van der Waals surface area (Å²) >= 11 is 6.09. The fourth-order valence-electron chi connectivity index (χ4n) is 3.32. The van der Waals surface area contributed by atoms with Crippen LogP contribution in [0.25, 0.3) is 0 Å². The van der Waals surface area contributed by atoms with Gasteiger partial charge in [0.25, 0.3) is 0 Å². The molecule has 5 nitrogen and oxygen atoms in total. The summed E-state index contributed by atoms with van der Waals surface area (Å²) in [6.45, 7) is 5.44. The average molecular weight is 384 g/mol. The maximum absolute atomic E-state index is 11.9. The quantitative estimate of drug-likeness (QED) is 0.642. The average Bonchev–Trinajstić information content (AvgIpc) is 2.87. The molecule has 0 unspecified atom stereocenters.